The first-order valence-electron chi connectivity index (χ1n) is 6.79. The van der Waals surface area contributed by atoms with Gasteiger partial charge in [0.15, 0.2) is 0 Å². The number of primary sulfonamides is 1. The van der Waals surface area contributed by atoms with Crippen molar-refractivity contribution in [3.05, 3.63) is 66.2 Å². The zero-order valence-corrected chi connectivity index (χ0v) is 12.6. The van der Waals surface area contributed by atoms with E-state index in [1.165, 1.54) is 12.1 Å². The smallest absolute Gasteiger partial charge is 0.270 e. The molecule has 112 valence electrons. The van der Waals surface area contributed by atoms with Crippen LogP contribution in [0, 0.1) is 0 Å². The quantitative estimate of drug-likeness (QED) is 0.771. The molecule has 22 heavy (non-hydrogen) atoms. The molecule has 3 aromatic rings. The molecule has 3 rings (SSSR count). The number of nitrogens with two attached hydrogens (primary N) is 1. The third-order valence-corrected chi connectivity index (χ3v) is 4.32. The molecular weight excluding hydrogens is 298 g/mol. The molecule has 1 heterocycles. The van der Waals surface area contributed by atoms with Crippen molar-refractivity contribution < 1.29 is 13.4 Å². The number of hydrogen-bond acceptors (Lipinski definition) is 3. The zero-order valence-electron chi connectivity index (χ0n) is 11.8. The van der Waals surface area contributed by atoms with Crippen LogP contribution in [0.5, 0.6) is 0 Å². The summed E-state index contributed by atoms with van der Waals surface area (Å²) in [5, 5.41) is 9.50. The molecule has 5 nitrogen and oxygen atoms in total. The summed E-state index contributed by atoms with van der Waals surface area (Å²) >= 11 is 0. The second kappa shape index (κ2) is 5.75. The van der Waals surface area contributed by atoms with Crippen molar-refractivity contribution in [3.8, 4) is 0 Å². The highest BCUT2D eigenvalue weighted by atomic mass is 32.2. The van der Waals surface area contributed by atoms with Gasteiger partial charge in [0.05, 0.1) is 4.90 Å². The van der Waals surface area contributed by atoms with Crippen molar-refractivity contribution in [1.29, 1.82) is 0 Å². The first-order chi connectivity index (χ1) is 10.5. The number of para-hydroxylation sites is 1. The third-order valence-electron chi connectivity index (χ3n) is 3.39. The Morgan fingerprint density at radius 2 is 1.68 bits per heavy atom. The minimum Gasteiger partial charge on any atom is -0.270 e. The summed E-state index contributed by atoms with van der Waals surface area (Å²) in [5.41, 5.74) is 2.02. The number of hydrogen-bond donors (Lipinski definition) is 2. The van der Waals surface area contributed by atoms with E-state index in [1.807, 2.05) is 36.4 Å². The highest BCUT2D eigenvalue weighted by Gasteiger charge is 2.08. The first-order valence-corrected chi connectivity index (χ1v) is 8.34. The molecule has 1 aromatic heterocycles. The van der Waals surface area contributed by atoms with Crippen LogP contribution in [0.15, 0.2) is 65.6 Å². The average molecular weight is 314 g/mol. The molecule has 0 aliphatic heterocycles. The van der Waals surface area contributed by atoms with Crippen LogP contribution in [-0.4, -0.2) is 8.42 Å². The van der Waals surface area contributed by atoms with Crippen LogP contribution in [0.25, 0.3) is 10.9 Å². The molecule has 2 aromatic carbocycles. The van der Waals surface area contributed by atoms with Gasteiger partial charge in [-0.15, -0.1) is 0 Å². The molecule has 4 N–H and O–H groups in total. The molecule has 0 spiro atoms. The van der Waals surface area contributed by atoms with Gasteiger partial charge in [-0.05, 0) is 29.8 Å². The minimum atomic E-state index is -3.64. The highest BCUT2D eigenvalue weighted by molar-refractivity contribution is 7.89. The summed E-state index contributed by atoms with van der Waals surface area (Å²) in [7, 11) is -3.64. The largest absolute Gasteiger partial charge is 0.272 e. The summed E-state index contributed by atoms with van der Waals surface area (Å²) in [6, 6.07) is 18.6. The van der Waals surface area contributed by atoms with Crippen LogP contribution < -0.4 is 15.4 Å². The molecule has 0 atom stereocenters. The van der Waals surface area contributed by atoms with E-state index >= 15 is 0 Å². The zero-order chi connectivity index (χ0) is 15.6. The van der Waals surface area contributed by atoms with Gasteiger partial charge in [0, 0.05) is 11.5 Å². The normalized spacial score (nSPS) is 11.5. The van der Waals surface area contributed by atoms with Crippen molar-refractivity contribution in [2.75, 3.05) is 5.32 Å². The van der Waals surface area contributed by atoms with E-state index in [1.54, 1.807) is 12.1 Å². The second-order valence-corrected chi connectivity index (χ2v) is 6.56. The van der Waals surface area contributed by atoms with Crippen molar-refractivity contribution in [3.63, 3.8) is 0 Å². The summed E-state index contributed by atoms with van der Waals surface area (Å²) in [6.07, 6.45) is 0. The number of sulfonamides is 1. The van der Waals surface area contributed by atoms with Crippen LogP contribution in [-0.2, 0) is 16.6 Å². The van der Waals surface area contributed by atoms with E-state index < -0.39 is 10.0 Å². The Morgan fingerprint density at radius 3 is 2.41 bits per heavy atom. The topological polar surface area (TPSA) is 86.3 Å². The molecule has 0 unspecified atom stereocenters. The lowest BCUT2D eigenvalue weighted by molar-refractivity contribution is -0.327. The molecule has 0 bridgehead atoms. The number of aromatic nitrogens is 1. The van der Waals surface area contributed by atoms with Gasteiger partial charge in [0.1, 0.15) is 12.1 Å². The van der Waals surface area contributed by atoms with E-state index in [-0.39, 0.29) is 4.90 Å². The minimum absolute atomic E-state index is 0.119. The standard InChI is InChI=1S/C16H15N3O2S/c17-22(20,21)14-8-5-12(6-9-14)11-18-16-10-7-13-3-1-2-4-15(13)19-16/h1-10H,11H2,(H,18,19)(H2,17,20,21)/p+1. The van der Waals surface area contributed by atoms with Crippen molar-refractivity contribution in [2.24, 2.45) is 5.14 Å². The molecule has 0 saturated heterocycles. The van der Waals surface area contributed by atoms with Crippen LogP contribution in [0.2, 0.25) is 0 Å². The van der Waals surface area contributed by atoms with Crippen LogP contribution in [0.3, 0.4) is 0 Å². The van der Waals surface area contributed by atoms with Crippen LogP contribution >= 0.6 is 0 Å². The number of aromatic amines is 1. The second-order valence-electron chi connectivity index (χ2n) is 5.00. The van der Waals surface area contributed by atoms with Crippen LogP contribution in [0.4, 0.5) is 5.82 Å². The number of pyridine rings is 1. The van der Waals surface area contributed by atoms with Gasteiger partial charge in [-0.25, -0.2) is 18.5 Å². The van der Waals surface area contributed by atoms with Gasteiger partial charge < -0.3 is 0 Å². The molecule has 0 saturated carbocycles. The molecule has 0 aliphatic rings. The maximum Gasteiger partial charge on any atom is 0.272 e. The SMILES string of the molecule is NS(=O)(=O)c1ccc(CNc2ccc3ccccc3[nH+]2)cc1. The number of nitrogens with one attached hydrogen (secondary N) is 2. The molecule has 0 amide bonds. The fraction of sp³-hybridized carbons (Fsp3) is 0.0625. The lowest BCUT2D eigenvalue weighted by Crippen LogP contribution is -2.14. The first kappa shape index (κ1) is 14.5. The predicted octanol–water partition coefficient (Wildman–Crippen LogP) is 1.91. The Balaban J connectivity index is 1.73. The van der Waals surface area contributed by atoms with E-state index in [0.29, 0.717) is 6.54 Å². The lowest BCUT2D eigenvalue weighted by Gasteiger charge is -2.03. The number of fused-ring (bicyclic) bond motifs is 1. The Labute approximate surface area is 128 Å². The Hall–Kier alpha value is -2.44. The van der Waals surface area contributed by atoms with Crippen molar-refractivity contribution in [2.45, 2.75) is 11.4 Å². The van der Waals surface area contributed by atoms with Gasteiger partial charge in [-0.2, -0.15) is 0 Å². The predicted molar refractivity (Wildman–Crippen MR) is 85.6 cm³/mol. The monoisotopic (exact) mass is 314 g/mol. The van der Waals surface area contributed by atoms with E-state index in [2.05, 4.69) is 10.3 Å². The molecule has 0 radical (unpaired) electrons. The van der Waals surface area contributed by atoms with Gasteiger partial charge in [-0.1, -0.05) is 30.3 Å². The van der Waals surface area contributed by atoms with E-state index in [4.69, 9.17) is 5.14 Å². The molecular formula is C16H16N3O2S+. The summed E-state index contributed by atoms with van der Waals surface area (Å²) in [5.74, 6) is 0.897. The molecule has 0 fully saturated rings. The van der Waals surface area contributed by atoms with E-state index in [0.717, 1.165) is 22.3 Å². The number of anilines is 1. The number of benzene rings is 2. The fourth-order valence-corrected chi connectivity index (χ4v) is 2.73. The van der Waals surface area contributed by atoms with Gasteiger partial charge in [0.2, 0.25) is 10.0 Å². The van der Waals surface area contributed by atoms with Gasteiger partial charge >= 0.3 is 0 Å². The number of rotatable bonds is 4. The van der Waals surface area contributed by atoms with E-state index in [9.17, 15) is 8.42 Å². The van der Waals surface area contributed by atoms with Gasteiger partial charge in [0.25, 0.3) is 5.82 Å². The maximum absolute atomic E-state index is 11.2. The summed E-state index contributed by atoms with van der Waals surface area (Å²) in [4.78, 5) is 3.42. The molecule has 6 heteroatoms. The van der Waals surface area contributed by atoms with Crippen molar-refractivity contribution in [1.82, 2.24) is 0 Å². The Bertz CT molecular complexity index is 906. The average Bonchev–Trinajstić information content (AvgIpc) is 2.52. The van der Waals surface area contributed by atoms with Crippen molar-refractivity contribution >= 4 is 26.7 Å². The summed E-state index contributed by atoms with van der Waals surface area (Å²) in [6.45, 7) is 0.583. The lowest BCUT2D eigenvalue weighted by atomic mass is 10.2. The highest BCUT2D eigenvalue weighted by Crippen LogP contribution is 2.12. The van der Waals surface area contributed by atoms with Gasteiger partial charge in [-0.3, -0.25) is 5.32 Å². The fourth-order valence-electron chi connectivity index (χ4n) is 2.21. The number of H-pyrrole nitrogens is 1. The summed E-state index contributed by atoms with van der Waals surface area (Å²) < 4.78 is 22.4. The Morgan fingerprint density at radius 1 is 0.955 bits per heavy atom. The molecule has 0 aliphatic carbocycles. The van der Waals surface area contributed by atoms with Crippen LogP contribution in [0.1, 0.15) is 5.56 Å². The maximum atomic E-state index is 11.2. The Kier molecular flexibility index (Phi) is 3.79. The third kappa shape index (κ3) is 3.24.